The van der Waals surface area contributed by atoms with Gasteiger partial charge < -0.3 is 11.1 Å². The molecular weight excluding hydrogens is 270 g/mol. The Bertz CT molecular complexity index is 560. The Labute approximate surface area is 124 Å². The average Bonchev–Trinajstić information content (AvgIpc) is 2.23. The van der Waals surface area contributed by atoms with Crippen LogP contribution in [0.25, 0.3) is 0 Å². The minimum atomic E-state index is -0.578. The van der Waals surface area contributed by atoms with Crippen molar-refractivity contribution >= 4 is 17.3 Å². The smallest absolute Gasteiger partial charge is 0.282 e. The third-order valence-electron chi connectivity index (χ3n) is 2.89. The molecule has 21 heavy (non-hydrogen) atoms. The van der Waals surface area contributed by atoms with E-state index in [2.05, 4.69) is 26.1 Å². The molecule has 0 saturated carbocycles. The largest absolute Gasteiger partial charge is 0.399 e. The number of nitro benzene ring substituents is 1. The Hall–Kier alpha value is -2.11. The van der Waals surface area contributed by atoms with Crippen LogP contribution in [-0.4, -0.2) is 16.4 Å². The molecule has 0 heterocycles. The lowest BCUT2D eigenvalue weighted by atomic mass is 9.81. The molecule has 116 valence electrons. The highest BCUT2D eigenvalue weighted by molar-refractivity contribution is 5.99. The van der Waals surface area contributed by atoms with Gasteiger partial charge in [0.15, 0.2) is 0 Å². The van der Waals surface area contributed by atoms with E-state index in [1.807, 2.05) is 13.8 Å². The molecule has 0 fully saturated rings. The van der Waals surface area contributed by atoms with Crippen LogP contribution in [0.4, 0.5) is 11.4 Å². The van der Waals surface area contributed by atoms with Crippen molar-refractivity contribution in [1.29, 1.82) is 0 Å². The summed E-state index contributed by atoms with van der Waals surface area (Å²) in [5.74, 6) is -0.483. The predicted octanol–water partition coefficient (Wildman–Crippen LogP) is 3.12. The lowest BCUT2D eigenvalue weighted by molar-refractivity contribution is -0.385. The first-order valence-corrected chi connectivity index (χ1v) is 6.78. The highest BCUT2D eigenvalue weighted by atomic mass is 16.6. The number of nitrogens with two attached hydrogens (primary N) is 1. The number of nitro groups is 1. The van der Waals surface area contributed by atoms with Gasteiger partial charge in [0, 0.05) is 17.3 Å². The lowest BCUT2D eigenvalue weighted by Crippen LogP contribution is -2.46. The van der Waals surface area contributed by atoms with E-state index in [9.17, 15) is 14.9 Å². The molecule has 0 aliphatic heterocycles. The number of amides is 1. The number of rotatable bonds is 4. The molecule has 0 saturated heterocycles. The van der Waals surface area contributed by atoms with Crippen molar-refractivity contribution in [2.75, 3.05) is 5.73 Å². The molecule has 0 spiro atoms. The van der Waals surface area contributed by atoms with Crippen LogP contribution in [0.15, 0.2) is 18.2 Å². The maximum absolute atomic E-state index is 12.4. The minimum absolute atomic E-state index is 0.0121. The Morgan fingerprint density at radius 1 is 1.29 bits per heavy atom. The summed E-state index contributed by atoms with van der Waals surface area (Å²) in [4.78, 5) is 22.8. The van der Waals surface area contributed by atoms with Gasteiger partial charge in [-0.15, -0.1) is 0 Å². The SMILES string of the molecule is CC(C)(C)CC(C)(C)NC(=O)c1cc(N)ccc1[N+](=O)[O-]. The van der Waals surface area contributed by atoms with E-state index in [4.69, 9.17) is 5.73 Å². The summed E-state index contributed by atoms with van der Waals surface area (Å²) >= 11 is 0. The third-order valence-corrected chi connectivity index (χ3v) is 2.89. The molecule has 0 aromatic heterocycles. The molecule has 0 bridgehead atoms. The Kier molecular flexibility index (Phi) is 4.61. The maximum Gasteiger partial charge on any atom is 0.282 e. The average molecular weight is 293 g/mol. The van der Waals surface area contributed by atoms with Crippen LogP contribution in [-0.2, 0) is 0 Å². The summed E-state index contributed by atoms with van der Waals surface area (Å²) in [6, 6.07) is 4.00. The molecule has 0 unspecified atom stereocenters. The van der Waals surface area contributed by atoms with Crippen LogP contribution in [0, 0.1) is 15.5 Å². The zero-order valence-corrected chi connectivity index (χ0v) is 13.2. The zero-order chi connectivity index (χ0) is 16.4. The molecular formula is C15H23N3O3. The quantitative estimate of drug-likeness (QED) is 0.506. The van der Waals surface area contributed by atoms with Gasteiger partial charge in [-0.05, 0) is 37.8 Å². The number of carbonyl (C=O) groups excluding carboxylic acids is 1. The number of anilines is 1. The number of hydrogen-bond donors (Lipinski definition) is 2. The first-order valence-electron chi connectivity index (χ1n) is 6.78. The second kappa shape index (κ2) is 5.71. The number of nitrogens with one attached hydrogen (secondary N) is 1. The van der Waals surface area contributed by atoms with E-state index < -0.39 is 16.4 Å². The van der Waals surface area contributed by atoms with Crippen molar-refractivity contribution in [3.63, 3.8) is 0 Å². The molecule has 6 heteroatoms. The first kappa shape index (κ1) is 16.9. The number of benzene rings is 1. The molecule has 1 amide bonds. The Morgan fingerprint density at radius 2 is 1.86 bits per heavy atom. The van der Waals surface area contributed by atoms with E-state index in [0.29, 0.717) is 5.69 Å². The van der Waals surface area contributed by atoms with Crippen molar-refractivity contribution in [3.05, 3.63) is 33.9 Å². The van der Waals surface area contributed by atoms with Gasteiger partial charge in [-0.25, -0.2) is 0 Å². The number of nitrogen functional groups attached to an aromatic ring is 1. The normalized spacial score (nSPS) is 12.0. The number of hydrogen-bond acceptors (Lipinski definition) is 4. The van der Waals surface area contributed by atoms with Gasteiger partial charge in [-0.1, -0.05) is 20.8 Å². The fourth-order valence-corrected chi connectivity index (χ4v) is 2.64. The second-order valence-electron chi connectivity index (χ2n) is 7.11. The summed E-state index contributed by atoms with van der Waals surface area (Å²) in [7, 11) is 0. The second-order valence-corrected chi connectivity index (χ2v) is 7.11. The van der Waals surface area contributed by atoms with Gasteiger partial charge >= 0.3 is 0 Å². The number of carbonyl (C=O) groups is 1. The van der Waals surface area contributed by atoms with Crippen molar-refractivity contribution in [3.8, 4) is 0 Å². The van der Waals surface area contributed by atoms with Gasteiger partial charge in [0.25, 0.3) is 11.6 Å². The van der Waals surface area contributed by atoms with Crippen LogP contribution >= 0.6 is 0 Å². The van der Waals surface area contributed by atoms with E-state index in [-0.39, 0.29) is 16.7 Å². The van der Waals surface area contributed by atoms with Gasteiger partial charge in [0.1, 0.15) is 5.56 Å². The molecule has 0 radical (unpaired) electrons. The Balaban J connectivity index is 3.04. The molecule has 1 aromatic rings. The standard InChI is InChI=1S/C15H23N3O3/c1-14(2,3)9-15(4,5)17-13(19)11-8-10(16)6-7-12(11)18(20)21/h6-8H,9,16H2,1-5H3,(H,17,19). The van der Waals surface area contributed by atoms with Gasteiger partial charge in [0.05, 0.1) is 4.92 Å². The van der Waals surface area contributed by atoms with E-state index in [1.54, 1.807) is 0 Å². The molecule has 1 aromatic carbocycles. The molecule has 1 rings (SSSR count). The monoisotopic (exact) mass is 293 g/mol. The van der Waals surface area contributed by atoms with Crippen molar-refractivity contribution in [2.24, 2.45) is 5.41 Å². The maximum atomic E-state index is 12.4. The topological polar surface area (TPSA) is 98.3 Å². The highest BCUT2D eigenvalue weighted by Crippen LogP contribution is 2.28. The molecule has 0 aliphatic carbocycles. The highest BCUT2D eigenvalue weighted by Gasteiger charge is 2.29. The van der Waals surface area contributed by atoms with Gasteiger partial charge in [-0.3, -0.25) is 14.9 Å². The van der Waals surface area contributed by atoms with Crippen LogP contribution in [0.1, 0.15) is 51.4 Å². The van der Waals surface area contributed by atoms with Crippen LogP contribution in [0.2, 0.25) is 0 Å². The van der Waals surface area contributed by atoms with Crippen LogP contribution in [0.3, 0.4) is 0 Å². The fourth-order valence-electron chi connectivity index (χ4n) is 2.64. The van der Waals surface area contributed by atoms with Crippen molar-refractivity contribution in [2.45, 2.75) is 46.6 Å². The number of nitrogens with zero attached hydrogens (tertiary/aromatic N) is 1. The predicted molar refractivity (Wildman–Crippen MR) is 83.1 cm³/mol. The molecule has 0 atom stereocenters. The molecule has 6 nitrogen and oxygen atoms in total. The third kappa shape index (κ3) is 5.06. The summed E-state index contributed by atoms with van der Waals surface area (Å²) in [5.41, 5.74) is 5.24. The Morgan fingerprint density at radius 3 is 2.33 bits per heavy atom. The summed E-state index contributed by atoms with van der Waals surface area (Å²) in [6.07, 6.45) is 0.738. The van der Waals surface area contributed by atoms with Crippen molar-refractivity contribution in [1.82, 2.24) is 5.32 Å². The van der Waals surface area contributed by atoms with E-state index >= 15 is 0 Å². The van der Waals surface area contributed by atoms with E-state index in [1.165, 1.54) is 18.2 Å². The van der Waals surface area contributed by atoms with Crippen molar-refractivity contribution < 1.29 is 9.72 Å². The van der Waals surface area contributed by atoms with Gasteiger partial charge in [-0.2, -0.15) is 0 Å². The minimum Gasteiger partial charge on any atom is -0.399 e. The van der Waals surface area contributed by atoms with Crippen LogP contribution < -0.4 is 11.1 Å². The van der Waals surface area contributed by atoms with Gasteiger partial charge in [0.2, 0.25) is 0 Å². The first-order chi connectivity index (χ1) is 9.41. The van der Waals surface area contributed by atoms with Crippen LogP contribution in [0.5, 0.6) is 0 Å². The van der Waals surface area contributed by atoms with E-state index in [0.717, 1.165) is 6.42 Å². The fraction of sp³-hybridized carbons (Fsp3) is 0.533. The molecule has 3 N–H and O–H groups in total. The summed E-state index contributed by atoms with van der Waals surface area (Å²) in [5, 5.41) is 13.9. The molecule has 0 aliphatic rings. The zero-order valence-electron chi connectivity index (χ0n) is 13.2. The lowest BCUT2D eigenvalue weighted by Gasteiger charge is -2.33. The summed E-state index contributed by atoms with van der Waals surface area (Å²) in [6.45, 7) is 10.0. The summed E-state index contributed by atoms with van der Waals surface area (Å²) < 4.78 is 0.